The van der Waals surface area contributed by atoms with E-state index in [0.717, 1.165) is 42.6 Å². The summed E-state index contributed by atoms with van der Waals surface area (Å²) in [4.78, 5) is 24.0. The molecule has 1 unspecified atom stereocenters. The van der Waals surface area contributed by atoms with Gasteiger partial charge < -0.3 is 4.90 Å². The fourth-order valence-corrected chi connectivity index (χ4v) is 3.77. The van der Waals surface area contributed by atoms with E-state index in [1.54, 1.807) is 6.20 Å². The van der Waals surface area contributed by atoms with Crippen molar-refractivity contribution in [3.8, 4) is 0 Å². The van der Waals surface area contributed by atoms with E-state index in [1.807, 2.05) is 18.2 Å². The molecule has 134 valence electrons. The van der Waals surface area contributed by atoms with Gasteiger partial charge in [-0.3, -0.25) is 4.79 Å². The van der Waals surface area contributed by atoms with Crippen LogP contribution in [0.25, 0.3) is 6.08 Å². The minimum absolute atomic E-state index is 0.160. The predicted molar refractivity (Wildman–Crippen MR) is 104 cm³/mol. The summed E-state index contributed by atoms with van der Waals surface area (Å²) in [7, 11) is 0. The number of anilines is 1. The first kappa shape index (κ1) is 17.0. The molecule has 0 spiro atoms. The summed E-state index contributed by atoms with van der Waals surface area (Å²) in [5.74, 6) is 1.93. The molecule has 2 aromatic rings. The molecule has 2 aliphatic rings. The molecule has 0 amide bonds. The zero-order chi connectivity index (χ0) is 17.9. The van der Waals surface area contributed by atoms with Crippen molar-refractivity contribution in [3.63, 3.8) is 0 Å². The zero-order valence-corrected chi connectivity index (χ0v) is 15.3. The summed E-state index contributed by atoms with van der Waals surface area (Å²) in [6.45, 7) is 4.31. The minimum atomic E-state index is 0.160. The average Bonchev–Trinajstić information content (AvgIpc) is 2.67. The first-order chi connectivity index (χ1) is 12.7. The third-order valence-corrected chi connectivity index (χ3v) is 5.49. The van der Waals surface area contributed by atoms with Gasteiger partial charge in [-0.05, 0) is 36.7 Å². The number of benzene rings is 1. The predicted octanol–water partition coefficient (Wildman–Crippen LogP) is 4.17. The summed E-state index contributed by atoms with van der Waals surface area (Å²) in [5, 5.41) is 0. The normalized spacial score (nSPS) is 21.2. The van der Waals surface area contributed by atoms with Gasteiger partial charge >= 0.3 is 0 Å². The van der Waals surface area contributed by atoms with Crippen LogP contribution in [0.2, 0.25) is 0 Å². The van der Waals surface area contributed by atoms with Gasteiger partial charge in [0.15, 0.2) is 5.78 Å². The van der Waals surface area contributed by atoms with Crippen LogP contribution in [0.1, 0.15) is 47.8 Å². The maximum atomic E-state index is 12.5. The van der Waals surface area contributed by atoms with Crippen molar-refractivity contribution in [2.45, 2.75) is 32.6 Å². The van der Waals surface area contributed by atoms with E-state index in [9.17, 15) is 4.79 Å². The van der Waals surface area contributed by atoms with Crippen LogP contribution in [-0.4, -0.2) is 28.8 Å². The Bertz CT molecular complexity index is 807. The van der Waals surface area contributed by atoms with E-state index >= 15 is 0 Å². The van der Waals surface area contributed by atoms with Crippen molar-refractivity contribution >= 4 is 17.8 Å². The Hall–Kier alpha value is -2.49. The molecule has 4 rings (SSSR count). The number of aromatic nitrogens is 2. The molecule has 1 aromatic carbocycles. The summed E-state index contributed by atoms with van der Waals surface area (Å²) in [5.41, 5.74) is 2.78. The van der Waals surface area contributed by atoms with Gasteiger partial charge in [0.25, 0.3) is 0 Å². The number of allylic oxidation sites excluding steroid dienone is 1. The van der Waals surface area contributed by atoms with E-state index < -0.39 is 0 Å². The number of ketones is 1. The Morgan fingerprint density at radius 1 is 1.12 bits per heavy atom. The second kappa shape index (κ2) is 7.40. The lowest BCUT2D eigenvalue weighted by Gasteiger charge is -2.31. The van der Waals surface area contributed by atoms with Crippen LogP contribution in [0, 0.1) is 11.8 Å². The fraction of sp³-hybridized carbons (Fsp3) is 0.409. The van der Waals surface area contributed by atoms with Crippen LogP contribution in [0.3, 0.4) is 0 Å². The highest BCUT2D eigenvalue weighted by molar-refractivity contribution is 5.98. The molecule has 0 radical (unpaired) electrons. The molecule has 26 heavy (non-hydrogen) atoms. The lowest BCUT2D eigenvalue weighted by atomic mass is 9.86. The molecule has 1 saturated heterocycles. The number of hydrogen-bond acceptors (Lipinski definition) is 4. The van der Waals surface area contributed by atoms with E-state index in [-0.39, 0.29) is 11.7 Å². The van der Waals surface area contributed by atoms with E-state index in [4.69, 9.17) is 4.98 Å². The molecular formula is C22H25N3O. The number of piperidine rings is 1. The van der Waals surface area contributed by atoms with Crippen molar-refractivity contribution in [1.29, 1.82) is 0 Å². The third-order valence-electron chi connectivity index (χ3n) is 5.49. The highest BCUT2D eigenvalue weighted by atomic mass is 16.1. The van der Waals surface area contributed by atoms with E-state index in [2.05, 4.69) is 41.1 Å². The minimum Gasteiger partial charge on any atom is -0.341 e. The molecule has 0 saturated carbocycles. The number of carbonyl (C=O) groups is 1. The van der Waals surface area contributed by atoms with Gasteiger partial charge in [0, 0.05) is 25.7 Å². The van der Waals surface area contributed by atoms with Gasteiger partial charge in [0.2, 0.25) is 5.95 Å². The van der Waals surface area contributed by atoms with Gasteiger partial charge in [-0.1, -0.05) is 49.4 Å². The van der Waals surface area contributed by atoms with Gasteiger partial charge in [-0.15, -0.1) is 0 Å². The van der Waals surface area contributed by atoms with Crippen LogP contribution in [0.5, 0.6) is 0 Å². The number of nitrogens with zero attached hydrogens (tertiary/aromatic N) is 3. The third kappa shape index (κ3) is 3.69. The molecule has 1 aliphatic heterocycles. The van der Waals surface area contributed by atoms with Gasteiger partial charge in [-0.2, -0.15) is 0 Å². The van der Waals surface area contributed by atoms with Gasteiger partial charge in [0.05, 0.1) is 11.3 Å². The van der Waals surface area contributed by atoms with E-state index in [1.165, 1.54) is 12.8 Å². The summed E-state index contributed by atoms with van der Waals surface area (Å²) >= 11 is 0. The number of fused-ring (bicyclic) bond motifs is 1. The van der Waals surface area contributed by atoms with Crippen molar-refractivity contribution < 1.29 is 4.79 Å². The number of carbonyl (C=O) groups excluding carboxylic acids is 1. The molecule has 1 aromatic heterocycles. The summed E-state index contributed by atoms with van der Waals surface area (Å²) in [6, 6.07) is 10.2. The molecule has 2 heterocycles. The zero-order valence-electron chi connectivity index (χ0n) is 15.3. The Morgan fingerprint density at radius 3 is 2.65 bits per heavy atom. The quantitative estimate of drug-likeness (QED) is 0.836. The molecule has 4 nitrogen and oxygen atoms in total. The van der Waals surface area contributed by atoms with Crippen LogP contribution < -0.4 is 4.90 Å². The average molecular weight is 347 g/mol. The van der Waals surface area contributed by atoms with Crippen molar-refractivity contribution in [2.24, 2.45) is 11.8 Å². The second-order valence-electron chi connectivity index (χ2n) is 7.56. The van der Waals surface area contributed by atoms with E-state index in [0.29, 0.717) is 12.0 Å². The Labute approximate surface area is 155 Å². The lowest BCUT2D eigenvalue weighted by molar-refractivity contribution is 0.0957. The molecule has 1 fully saturated rings. The largest absolute Gasteiger partial charge is 0.341 e. The van der Waals surface area contributed by atoms with Crippen LogP contribution in [-0.2, 0) is 6.42 Å². The molecule has 0 bridgehead atoms. The Kier molecular flexibility index (Phi) is 4.83. The van der Waals surface area contributed by atoms with Gasteiger partial charge in [0.1, 0.15) is 0 Å². The smallest absolute Gasteiger partial charge is 0.225 e. The number of rotatable bonds is 3. The molecule has 0 N–H and O–H groups in total. The van der Waals surface area contributed by atoms with Crippen molar-refractivity contribution in [3.05, 3.63) is 59.4 Å². The molecule has 1 atom stereocenters. The monoisotopic (exact) mass is 347 g/mol. The fourth-order valence-electron chi connectivity index (χ4n) is 3.77. The lowest BCUT2D eigenvalue weighted by Crippen LogP contribution is -2.34. The maximum absolute atomic E-state index is 12.5. The number of hydrogen-bond donors (Lipinski definition) is 0. The highest BCUT2D eigenvalue weighted by Gasteiger charge is 2.27. The highest BCUT2D eigenvalue weighted by Crippen LogP contribution is 2.28. The standard InChI is InChI=1S/C22H25N3O/c1-16-9-11-25(12-10-16)22-23-15-19-20(24-22)13-18(14-21(19)26)8-7-17-5-3-2-4-6-17/h2-8,15-16,18H,9-14H2,1H3/b8-7+. The van der Waals surface area contributed by atoms with Crippen LogP contribution in [0.15, 0.2) is 42.6 Å². The first-order valence-corrected chi connectivity index (χ1v) is 9.56. The van der Waals surface area contributed by atoms with Crippen molar-refractivity contribution in [1.82, 2.24) is 9.97 Å². The SMILES string of the molecule is CC1CCN(c2ncc3c(n2)CC(/C=C/c2ccccc2)CC3=O)CC1. The molecule has 1 aliphatic carbocycles. The number of Topliss-reactive ketones (excluding diaryl/α,β-unsaturated/α-hetero) is 1. The van der Waals surface area contributed by atoms with Gasteiger partial charge in [-0.25, -0.2) is 9.97 Å². The molecule has 4 heteroatoms. The Morgan fingerprint density at radius 2 is 1.88 bits per heavy atom. The molecular weight excluding hydrogens is 322 g/mol. The maximum Gasteiger partial charge on any atom is 0.225 e. The van der Waals surface area contributed by atoms with Crippen molar-refractivity contribution in [2.75, 3.05) is 18.0 Å². The second-order valence-corrected chi connectivity index (χ2v) is 7.56. The van der Waals surface area contributed by atoms with Crippen LogP contribution >= 0.6 is 0 Å². The first-order valence-electron chi connectivity index (χ1n) is 9.56. The topological polar surface area (TPSA) is 46.1 Å². The summed E-state index contributed by atoms with van der Waals surface area (Å²) < 4.78 is 0. The van der Waals surface area contributed by atoms with Crippen LogP contribution in [0.4, 0.5) is 5.95 Å². The summed E-state index contributed by atoms with van der Waals surface area (Å²) in [6.07, 6.45) is 9.72. The Balaban J connectivity index is 1.52.